The predicted octanol–water partition coefficient (Wildman–Crippen LogP) is 0.769. The van der Waals surface area contributed by atoms with Gasteiger partial charge in [-0.2, -0.15) is 5.10 Å². The summed E-state index contributed by atoms with van der Waals surface area (Å²) in [7, 11) is 1.72. The van der Waals surface area contributed by atoms with Crippen molar-refractivity contribution in [3.63, 3.8) is 0 Å². The van der Waals surface area contributed by atoms with Gasteiger partial charge in [0.05, 0.1) is 28.8 Å². The zero-order chi connectivity index (χ0) is 18.7. The summed E-state index contributed by atoms with van der Waals surface area (Å²) in [5, 5.41) is 37.3. The Morgan fingerprint density at radius 2 is 1.96 bits per heavy atom. The molecular formula is C16H20N4O5. The second-order valence-corrected chi connectivity index (χ2v) is 5.73. The molecule has 0 aliphatic rings. The number of benzene rings is 1. The Kier molecular flexibility index (Phi) is 5.50. The number of non-ortho nitro benzene ring substituents is 1. The maximum absolute atomic E-state index is 12.5. The van der Waals surface area contributed by atoms with E-state index in [1.807, 2.05) is 0 Å². The van der Waals surface area contributed by atoms with Crippen molar-refractivity contribution in [2.45, 2.75) is 26.0 Å². The molecular weight excluding hydrogens is 328 g/mol. The van der Waals surface area contributed by atoms with Crippen LogP contribution in [-0.4, -0.2) is 43.5 Å². The average Bonchev–Trinajstić information content (AvgIpc) is 2.84. The molecule has 1 aromatic heterocycles. The van der Waals surface area contributed by atoms with Crippen molar-refractivity contribution in [3.8, 4) is 0 Å². The van der Waals surface area contributed by atoms with E-state index >= 15 is 0 Å². The van der Waals surface area contributed by atoms with E-state index in [4.69, 9.17) is 0 Å². The summed E-state index contributed by atoms with van der Waals surface area (Å²) in [6, 6.07) is 4.32. The number of nitrogens with zero attached hydrogens (tertiary/aromatic N) is 3. The van der Waals surface area contributed by atoms with E-state index in [9.17, 15) is 25.1 Å². The lowest BCUT2D eigenvalue weighted by atomic mass is 10.0. The number of aliphatic hydroxyl groups is 2. The quantitative estimate of drug-likeness (QED) is 0.522. The Morgan fingerprint density at radius 3 is 2.40 bits per heavy atom. The zero-order valence-electron chi connectivity index (χ0n) is 14.1. The Morgan fingerprint density at radius 1 is 1.36 bits per heavy atom. The number of hydrogen-bond donors (Lipinski definition) is 3. The highest BCUT2D eigenvalue weighted by molar-refractivity contribution is 5.96. The molecule has 0 spiro atoms. The first-order chi connectivity index (χ1) is 11.8. The minimum absolute atomic E-state index is 0.109. The van der Waals surface area contributed by atoms with E-state index in [2.05, 4.69) is 10.4 Å². The normalized spacial score (nSPS) is 13.3. The third-order valence-corrected chi connectivity index (χ3v) is 4.08. The summed E-state index contributed by atoms with van der Waals surface area (Å²) in [6.45, 7) is 2.94. The number of hydrogen-bond acceptors (Lipinski definition) is 6. The minimum atomic E-state index is -1.22. The van der Waals surface area contributed by atoms with Crippen molar-refractivity contribution in [2.75, 3.05) is 6.61 Å². The number of carbonyl (C=O) groups excluding carboxylic acids is 1. The van der Waals surface area contributed by atoms with E-state index < -0.39 is 29.6 Å². The highest BCUT2D eigenvalue weighted by Gasteiger charge is 2.26. The summed E-state index contributed by atoms with van der Waals surface area (Å²) in [6.07, 6.45) is -1.22. The van der Waals surface area contributed by atoms with Gasteiger partial charge >= 0.3 is 0 Å². The van der Waals surface area contributed by atoms with Crippen molar-refractivity contribution < 1.29 is 19.9 Å². The van der Waals surface area contributed by atoms with Gasteiger partial charge in [0, 0.05) is 24.9 Å². The molecule has 0 aliphatic heterocycles. The number of amides is 1. The molecule has 0 bridgehead atoms. The predicted molar refractivity (Wildman–Crippen MR) is 89.1 cm³/mol. The fraction of sp³-hybridized carbons (Fsp3) is 0.375. The second kappa shape index (κ2) is 7.41. The first-order valence-corrected chi connectivity index (χ1v) is 7.60. The number of aryl methyl sites for hydroxylation is 2. The highest BCUT2D eigenvalue weighted by atomic mass is 16.6. The molecule has 9 heteroatoms. The Hall–Kier alpha value is -2.78. The van der Waals surface area contributed by atoms with E-state index in [1.54, 1.807) is 25.6 Å². The van der Waals surface area contributed by atoms with Gasteiger partial charge in [-0.05, 0) is 31.5 Å². The third-order valence-electron chi connectivity index (χ3n) is 4.08. The van der Waals surface area contributed by atoms with Crippen LogP contribution in [0.5, 0.6) is 0 Å². The Balaban J connectivity index is 2.18. The number of aromatic nitrogens is 2. The monoisotopic (exact) mass is 348 g/mol. The van der Waals surface area contributed by atoms with Crippen LogP contribution in [0, 0.1) is 24.0 Å². The SMILES string of the molecule is Cc1nn(C)c(C)c1C(=O)NC(CO)C(O)c1ccc([N+](=O)[O-])cc1. The van der Waals surface area contributed by atoms with E-state index in [1.165, 1.54) is 24.3 Å². The molecule has 2 unspecified atom stereocenters. The van der Waals surface area contributed by atoms with Gasteiger partial charge < -0.3 is 15.5 Å². The van der Waals surface area contributed by atoms with Gasteiger partial charge in [0.2, 0.25) is 0 Å². The molecule has 1 aromatic carbocycles. The molecule has 0 radical (unpaired) electrons. The van der Waals surface area contributed by atoms with Crippen LogP contribution in [0.15, 0.2) is 24.3 Å². The van der Waals surface area contributed by atoms with Crippen molar-refractivity contribution in [2.24, 2.45) is 7.05 Å². The Labute approximate surface area is 144 Å². The Bertz CT molecular complexity index is 785. The van der Waals surface area contributed by atoms with Gasteiger partial charge in [-0.15, -0.1) is 0 Å². The van der Waals surface area contributed by atoms with Crippen LogP contribution in [0.2, 0.25) is 0 Å². The first-order valence-electron chi connectivity index (χ1n) is 7.60. The van der Waals surface area contributed by atoms with Gasteiger partial charge in [-0.25, -0.2) is 0 Å². The lowest BCUT2D eigenvalue weighted by molar-refractivity contribution is -0.384. The fourth-order valence-electron chi connectivity index (χ4n) is 2.59. The van der Waals surface area contributed by atoms with Crippen LogP contribution in [0.4, 0.5) is 5.69 Å². The van der Waals surface area contributed by atoms with Crippen LogP contribution >= 0.6 is 0 Å². The fourth-order valence-corrected chi connectivity index (χ4v) is 2.59. The lowest BCUT2D eigenvalue weighted by Gasteiger charge is -2.22. The third kappa shape index (κ3) is 3.83. The number of nitro benzene ring substituents is 1. The molecule has 0 saturated heterocycles. The molecule has 2 atom stereocenters. The van der Waals surface area contributed by atoms with Crippen molar-refractivity contribution >= 4 is 11.6 Å². The minimum Gasteiger partial charge on any atom is -0.394 e. The van der Waals surface area contributed by atoms with Gasteiger partial charge in [-0.1, -0.05) is 0 Å². The lowest BCUT2D eigenvalue weighted by Crippen LogP contribution is -2.42. The summed E-state index contributed by atoms with van der Waals surface area (Å²) in [5.41, 5.74) is 1.83. The maximum atomic E-state index is 12.5. The first kappa shape index (κ1) is 18.6. The highest BCUT2D eigenvalue weighted by Crippen LogP contribution is 2.21. The molecule has 3 N–H and O–H groups in total. The van der Waals surface area contributed by atoms with Crippen LogP contribution < -0.4 is 5.32 Å². The molecule has 25 heavy (non-hydrogen) atoms. The number of nitrogens with one attached hydrogen (secondary N) is 1. The van der Waals surface area contributed by atoms with Crippen LogP contribution in [0.25, 0.3) is 0 Å². The van der Waals surface area contributed by atoms with Gasteiger partial charge in [0.25, 0.3) is 11.6 Å². The molecule has 0 saturated carbocycles. The van der Waals surface area contributed by atoms with E-state index in [0.29, 0.717) is 22.5 Å². The molecule has 1 heterocycles. The molecule has 9 nitrogen and oxygen atoms in total. The largest absolute Gasteiger partial charge is 0.394 e. The van der Waals surface area contributed by atoms with Crippen LogP contribution in [0.3, 0.4) is 0 Å². The number of rotatable bonds is 6. The van der Waals surface area contributed by atoms with Crippen molar-refractivity contribution in [3.05, 3.63) is 56.9 Å². The van der Waals surface area contributed by atoms with Gasteiger partial charge in [0.15, 0.2) is 0 Å². The van der Waals surface area contributed by atoms with Crippen LogP contribution in [0.1, 0.15) is 33.4 Å². The number of aliphatic hydroxyl groups excluding tert-OH is 2. The maximum Gasteiger partial charge on any atom is 0.269 e. The molecule has 134 valence electrons. The average molecular weight is 348 g/mol. The summed E-state index contributed by atoms with van der Waals surface area (Å²) in [5.74, 6) is -0.455. The van der Waals surface area contributed by atoms with Gasteiger partial charge in [-0.3, -0.25) is 19.6 Å². The molecule has 0 aliphatic carbocycles. The molecule has 2 rings (SSSR count). The van der Waals surface area contributed by atoms with E-state index in [0.717, 1.165) is 0 Å². The topological polar surface area (TPSA) is 131 Å². The van der Waals surface area contributed by atoms with E-state index in [-0.39, 0.29) is 5.69 Å². The van der Waals surface area contributed by atoms with Crippen molar-refractivity contribution in [1.82, 2.24) is 15.1 Å². The smallest absolute Gasteiger partial charge is 0.269 e. The number of carbonyl (C=O) groups is 1. The second-order valence-electron chi connectivity index (χ2n) is 5.73. The molecule has 2 aromatic rings. The number of nitro groups is 1. The summed E-state index contributed by atoms with van der Waals surface area (Å²) in [4.78, 5) is 22.6. The molecule has 0 fully saturated rings. The van der Waals surface area contributed by atoms with Crippen LogP contribution in [-0.2, 0) is 7.05 Å². The standard InChI is InChI=1S/C16H20N4O5/c1-9-14(10(2)19(3)18-9)16(23)17-13(8-21)15(22)11-4-6-12(7-5-11)20(24)25/h4-7,13,15,21-22H,8H2,1-3H3,(H,17,23). The zero-order valence-corrected chi connectivity index (χ0v) is 14.1. The molecule has 1 amide bonds. The summed E-state index contributed by atoms with van der Waals surface area (Å²) >= 11 is 0. The summed E-state index contributed by atoms with van der Waals surface area (Å²) < 4.78 is 1.57. The van der Waals surface area contributed by atoms with Gasteiger partial charge in [0.1, 0.15) is 6.10 Å². The van der Waals surface area contributed by atoms with Crippen molar-refractivity contribution in [1.29, 1.82) is 0 Å².